The summed E-state index contributed by atoms with van der Waals surface area (Å²) in [5.41, 5.74) is 0.740. The number of carbonyl (C=O) groups is 1. The summed E-state index contributed by atoms with van der Waals surface area (Å²) in [6, 6.07) is 7.99. The Morgan fingerprint density at radius 2 is 2.26 bits per heavy atom. The molecule has 19 heavy (non-hydrogen) atoms. The van der Waals surface area contributed by atoms with Crippen LogP contribution in [-0.4, -0.2) is 25.0 Å². The molecule has 1 saturated heterocycles. The molecule has 0 bridgehead atoms. The van der Waals surface area contributed by atoms with E-state index in [9.17, 15) is 4.79 Å². The van der Waals surface area contributed by atoms with Crippen molar-refractivity contribution in [2.75, 3.05) is 13.1 Å². The zero-order valence-corrected chi connectivity index (χ0v) is 11.7. The van der Waals surface area contributed by atoms with Gasteiger partial charge >= 0.3 is 0 Å². The van der Waals surface area contributed by atoms with E-state index in [-0.39, 0.29) is 17.4 Å². The lowest BCUT2D eigenvalue weighted by molar-refractivity contribution is -0.124. The zero-order valence-electron chi connectivity index (χ0n) is 10.9. The molecule has 1 saturated carbocycles. The fraction of sp³-hybridized carbons (Fsp3) is 0.533. The molecule has 3 nitrogen and oxygen atoms in total. The van der Waals surface area contributed by atoms with Crippen LogP contribution >= 0.6 is 11.6 Å². The largest absolute Gasteiger partial charge is 0.351 e. The van der Waals surface area contributed by atoms with Gasteiger partial charge in [0, 0.05) is 17.6 Å². The summed E-state index contributed by atoms with van der Waals surface area (Å²) in [6.07, 6.45) is 4.07. The maximum absolute atomic E-state index is 12.5. The van der Waals surface area contributed by atoms with Gasteiger partial charge in [-0.05, 0) is 49.9 Å². The maximum Gasteiger partial charge on any atom is 0.230 e. The fourth-order valence-corrected chi connectivity index (χ4v) is 3.05. The van der Waals surface area contributed by atoms with Crippen molar-refractivity contribution in [1.29, 1.82) is 0 Å². The predicted octanol–water partition coefficient (Wildman–Crippen LogP) is 2.24. The molecule has 4 heteroatoms. The third-order valence-electron chi connectivity index (χ3n) is 4.19. The standard InChI is InChI=1S/C15H19ClN2O/c16-12-4-1-3-11(9-12)15(6-7-15)14(19)18-13-5-2-8-17-10-13/h1,3-4,9,13,17H,2,5-8,10H2,(H,18,19)/t13-/m0/s1. The van der Waals surface area contributed by atoms with Gasteiger partial charge in [-0.1, -0.05) is 23.7 Å². The predicted molar refractivity (Wildman–Crippen MR) is 76.4 cm³/mol. The van der Waals surface area contributed by atoms with Gasteiger partial charge in [0.05, 0.1) is 5.41 Å². The van der Waals surface area contributed by atoms with Gasteiger partial charge < -0.3 is 10.6 Å². The summed E-state index contributed by atoms with van der Waals surface area (Å²) in [5.74, 6) is 0.170. The number of carbonyl (C=O) groups excluding carboxylic acids is 1. The fourth-order valence-electron chi connectivity index (χ4n) is 2.86. The number of halogens is 1. The molecular formula is C15H19ClN2O. The van der Waals surface area contributed by atoms with Gasteiger partial charge in [-0.25, -0.2) is 0 Å². The number of rotatable bonds is 3. The number of hydrogen-bond donors (Lipinski definition) is 2. The van der Waals surface area contributed by atoms with Gasteiger partial charge in [0.2, 0.25) is 5.91 Å². The van der Waals surface area contributed by atoms with Crippen LogP contribution in [0.5, 0.6) is 0 Å². The molecule has 0 aromatic heterocycles. The van der Waals surface area contributed by atoms with Gasteiger partial charge in [-0.3, -0.25) is 4.79 Å². The summed E-state index contributed by atoms with van der Waals surface area (Å²) in [6.45, 7) is 1.95. The third-order valence-corrected chi connectivity index (χ3v) is 4.43. The van der Waals surface area contributed by atoms with Crippen molar-refractivity contribution in [3.63, 3.8) is 0 Å². The van der Waals surface area contributed by atoms with Crippen molar-refractivity contribution >= 4 is 17.5 Å². The van der Waals surface area contributed by atoms with Crippen LogP contribution in [0.25, 0.3) is 0 Å². The molecule has 102 valence electrons. The van der Waals surface area contributed by atoms with Crippen LogP contribution in [0.3, 0.4) is 0 Å². The van der Waals surface area contributed by atoms with E-state index in [2.05, 4.69) is 10.6 Å². The minimum absolute atomic E-state index is 0.170. The lowest BCUT2D eigenvalue weighted by Gasteiger charge is -2.26. The molecule has 1 aromatic carbocycles. The van der Waals surface area contributed by atoms with E-state index in [1.54, 1.807) is 0 Å². The summed E-state index contributed by atoms with van der Waals surface area (Å²) in [4.78, 5) is 12.5. The molecule has 1 atom stereocenters. The van der Waals surface area contributed by atoms with Gasteiger partial charge in [0.25, 0.3) is 0 Å². The van der Waals surface area contributed by atoms with Crippen molar-refractivity contribution in [2.45, 2.75) is 37.1 Å². The van der Waals surface area contributed by atoms with Crippen molar-refractivity contribution in [3.8, 4) is 0 Å². The number of amides is 1. The average molecular weight is 279 g/mol. The average Bonchev–Trinajstić information content (AvgIpc) is 3.21. The van der Waals surface area contributed by atoms with E-state index in [0.717, 1.165) is 44.3 Å². The first kappa shape index (κ1) is 12.9. The Labute approximate surface area is 118 Å². The van der Waals surface area contributed by atoms with Crippen LogP contribution < -0.4 is 10.6 Å². The summed E-state index contributed by atoms with van der Waals surface area (Å²) >= 11 is 6.03. The monoisotopic (exact) mass is 278 g/mol. The van der Waals surface area contributed by atoms with Crippen molar-refractivity contribution < 1.29 is 4.79 Å². The summed E-state index contributed by atoms with van der Waals surface area (Å²) in [5, 5.41) is 7.22. The van der Waals surface area contributed by atoms with Crippen LogP contribution in [0, 0.1) is 0 Å². The molecule has 1 aliphatic heterocycles. The van der Waals surface area contributed by atoms with E-state index in [0.29, 0.717) is 5.02 Å². The SMILES string of the molecule is O=C(N[C@H]1CCCNC1)C1(c2cccc(Cl)c2)CC1. The summed E-state index contributed by atoms with van der Waals surface area (Å²) < 4.78 is 0. The van der Waals surface area contributed by atoms with Crippen LogP contribution in [0.2, 0.25) is 5.02 Å². The number of benzene rings is 1. The smallest absolute Gasteiger partial charge is 0.230 e. The Morgan fingerprint density at radius 1 is 1.42 bits per heavy atom. The Hall–Kier alpha value is -1.06. The van der Waals surface area contributed by atoms with Crippen LogP contribution in [0.15, 0.2) is 24.3 Å². The second-order valence-electron chi connectivity index (χ2n) is 5.61. The molecule has 1 amide bonds. The lowest BCUT2D eigenvalue weighted by Crippen LogP contribution is -2.48. The third kappa shape index (κ3) is 2.63. The van der Waals surface area contributed by atoms with E-state index in [4.69, 9.17) is 11.6 Å². The quantitative estimate of drug-likeness (QED) is 0.890. The molecule has 3 rings (SSSR count). The van der Waals surface area contributed by atoms with Crippen molar-refractivity contribution in [2.24, 2.45) is 0 Å². The second-order valence-corrected chi connectivity index (χ2v) is 6.05. The Morgan fingerprint density at radius 3 is 2.89 bits per heavy atom. The molecule has 1 aromatic rings. The van der Waals surface area contributed by atoms with Gasteiger partial charge in [-0.15, -0.1) is 0 Å². The Balaban J connectivity index is 1.71. The lowest BCUT2D eigenvalue weighted by atomic mass is 9.94. The first-order chi connectivity index (χ1) is 9.21. The highest BCUT2D eigenvalue weighted by Gasteiger charge is 2.51. The van der Waals surface area contributed by atoms with Gasteiger partial charge in [0.1, 0.15) is 0 Å². The minimum atomic E-state index is -0.317. The molecule has 1 heterocycles. The molecule has 2 aliphatic rings. The number of hydrogen-bond acceptors (Lipinski definition) is 2. The first-order valence-corrected chi connectivity index (χ1v) is 7.36. The molecule has 0 radical (unpaired) electrons. The van der Waals surface area contributed by atoms with E-state index >= 15 is 0 Å². The van der Waals surface area contributed by atoms with Crippen LogP contribution in [0.1, 0.15) is 31.2 Å². The van der Waals surface area contributed by atoms with Gasteiger partial charge in [0.15, 0.2) is 0 Å². The van der Waals surface area contributed by atoms with Crippen molar-refractivity contribution in [1.82, 2.24) is 10.6 Å². The van der Waals surface area contributed by atoms with Crippen LogP contribution in [-0.2, 0) is 10.2 Å². The molecule has 0 spiro atoms. The molecule has 1 aliphatic carbocycles. The minimum Gasteiger partial charge on any atom is -0.351 e. The van der Waals surface area contributed by atoms with Crippen LogP contribution in [0.4, 0.5) is 0 Å². The van der Waals surface area contributed by atoms with E-state index in [1.165, 1.54) is 0 Å². The first-order valence-electron chi connectivity index (χ1n) is 6.98. The van der Waals surface area contributed by atoms with Crippen molar-refractivity contribution in [3.05, 3.63) is 34.9 Å². The summed E-state index contributed by atoms with van der Waals surface area (Å²) in [7, 11) is 0. The molecule has 2 fully saturated rings. The Kier molecular flexibility index (Phi) is 3.50. The highest BCUT2D eigenvalue weighted by molar-refractivity contribution is 6.30. The van der Waals surface area contributed by atoms with Gasteiger partial charge in [-0.2, -0.15) is 0 Å². The maximum atomic E-state index is 12.5. The molecular weight excluding hydrogens is 260 g/mol. The molecule has 0 unspecified atom stereocenters. The Bertz CT molecular complexity index is 479. The number of piperidine rings is 1. The topological polar surface area (TPSA) is 41.1 Å². The number of nitrogens with one attached hydrogen (secondary N) is 2. The molecule has 2 N–H and O–H groups in total. The zero-order chi connectivity index (χ0) is 13.3. The highest BCUT2D eigenvalue weighted by Crippen LogP contribution is 2.48. The normalized spacial score (nSPS) is 24.8. The second kappa shape index (κ2) is 5.14. The van der Waals surface area contributed by atoms with E-state index < -0.39 is 0 Å². The highest BCUT2D eigenvalue weighted by atomic mass is 35.5. The van der Waals surface area contributed by atoms with E-state index in [1.807, 2.05) is 24.3 Å².